The molecule has 0 aliphatic carbocycles. The second kappa shape index (κ2) is 7.11. The van der Waals surface area contributed by atoms with Gasteiger partial charge in [-0.05, 0) is 32.5 Å². The summed E-state index contributed by atoms with van der Waals surface area (Å²) >= 11 is 0. The van der Waals surface area contributed by atoms with Crippen molar-refractivity contribution in [3.8, 4) is 0 Å². The number of hydrogen-bond donors (Lipinski definition) is 1. The molecular formula is C14H22N4. The Balaban J connectivity index is 1.70. The van der Waals surface area contributed by atoms with Crippen molar-refractivity contribution in [3.05, 3.63) is 24.8 Å². The molecule has 4 heteroatoms. The number of nitrogens with zero attached hydrogens (tertiary/aromatic N) is 3. The van der Waals surface area contributed by atoms with Gasteiger partial charge in [0.05, 0.1) is 18.0 Å². The predicted molar refractivity (Wildman–Crippen MR) is 74.5 cm³/mol. The van der Waals surface area contributed by atoms with Gasteiger partial charge in [0.2, 0.25) is 0 Å². The predicted octanol–water partition coefficient (Wildman–Crippen LogP) is 2.60. The second-order valence-corrected chi connectivity index (χ2v) is 4.67. The number of fused-ring (bicyclic) bond motifs is 1. The number of aromatic nitrogens is 3. The van der Waals surface area contributed by atoms with Crippen LogP contribution in [-0.4, -0.2) is 28.1 Å². The van der Waals surface area contributed by atoms with E-state index in [1.165, 1.54) is 37.6 Å². The molecule has 0 aromatic carbocycles. The van der Waals surface area contributed by atoms with E-state index < -0.39 is 0 Å². The van der Waals surface area contributed by atoms with Gasteiger partial charge in [0.15, 0.2) is 0 Å². The smallest absolute Gasteiger partial charge is 0.107 e. The summed E-state index contributed by atoms with van der Waals surface area (Å²) in [5, 5.41) is 3.18. The van der Waals surface area contributed by atoms with E-state index in [4.69, 9.17) is 0 Å². The molecule has 2 rings (SSSR count). The van der Waals surface area contributed by atoms with E-state index in [1.807, 2.05) is 31.8 Å². The lowest BCUT2D eigenvalue weighted by molar-refractivity contribution is 0.559. The summed E-state index contributed by atoms with van der Waals surface area (Å²) < 4.78 is 2.23. The maximum absolute atomic E-state index is 4.35. The maximum atomic E-state index is 4.35. The first-order valence-electron chi connectivity index (χ1n) is 6.81. The Morgan fingerprint density at radius 1 is 1.17 bits per heavy atom. The third kappa shape index (κ3) is 3.53. The Morgan fingerprint density at radius 3 is 2.89 bits per heavy atom. The standard InChI is InChI=1S/C14H22N4/c1-15-8-5-3-2-4-6-10-18-12-17-13-11-16-9-7-14(13)18/h7,9,11-12,15H,2-6,8,10H2,1H3. The van der Waals surface area contributed by atoms with Crippen LogP contribution in [0, 0.1) is 0 Å². The summed E-state index contributed by atoms with van der Waals surface area (Å²) in [6, 6.07) is 2.04. The topological polar surface area (TPSA) is 42.7 Å². The van der Waals surface area contributed by atoms with Crippen LogP contribution in [0.2, 0.25) is 0 Å². The number of aryl methyl sites for hydroxylation is 1. The monoisotopic (exact) mass is 246 g/mol. The van der Waals surface area contributed by atoms with Gasteiger partial charge in [-0.2, -0.15) is 0 Å². The molecule has 0 atom stereocenters. The quantitative estimate of drug-likeness (QED) is 0.728. The molecule has 98 valence electrons. The zero-order chi connectivity index (χ0) is 12.6. The molecule has 2 heterocycles. The van der Waals surface area contributed by atoms with Gasteiger partial charge in [-0.15, -0.1) is 0 Å². The Kier molecular flexibility index (Phi) is 5.15. The third-order valence-corrected chi connectivity index (χ3v) is 3.25. The largest absolute Gasteiger partial charge is 0.331 e. The van der Waals surface area contributed by atoms with Gasteiger partial charge in [0.1, 0.15) is 5.52 Å². The van der Waals surface area contributed by atoms with Crippen molar-refractivity contribution in [2.75, 3.05) is 13.6 Å². The summed E-state index contributed by atoms with van der Waals surface area (Å²) in [4.78, 5) is 8.43. The lowest BCUT2D eigenvalue weighted by Gasteiger charge is -2.04. The number of rotatable bonds is 8. The van der Waals surface area contributed by atoms with E-state index in [2.05, 4.69) is 19.9 Å². The Bertz CT molecular complexity index is 464. The Labute approximate surface area is 108 Å². The summed E-state index contributed by atoms with van der Waals surface area (Å²) in [5.41, 5.74) is 2.19. The minimum Gasteiger partial charge on any atom is -0.331 e. The molecule has 0 unspecified atom stereocenters. The molecule has 2 aromatic rings. The molecule has 2 aromatic heterocycles. The fourth-order valence-corrected chi connectivity index (χ4v) is 2.21. The zero-order valence-electron chi connectivity index (χ0n) is 11.1. The van der Waals surface area contributed by atoms with Crippen LogP contribution in [0.5, 0.6) is 0 Å². The SMILES string of the molecule is CNCCCCCCCn1cnc2cnccc21. The second-order valence-electron chi connectivity index (χ2n) is 4.67. The van der Waals surface area contributed by atoms with E-state index in [-0.39, 0.29) is 0 Å². The van der Waals surface area contributed by atoms with E-state index >= 15 is 0 Å². The summed E-state index contributed by atoms with van der Waals surface area (Å²) in [5.74, 6) is 0. The average molecular weight is 246 g/mol. The number of nitrogens with one attached hydrogen (secondary N) is 1. The Morgan fingerprint density at radius 2 is 2.00 bits per heavy atom. The van der Waals surface area contributed by atoms with Crippen LogP contribution in [-0.2, 0) is 6.54 Å². The molecule has 0 bridgehead atoms. The van der Waals surface area contributed by atoms with Crippen molar-refractivity contribution in [2.24, 2.45) is 0 Å². The lowest BCUT2D eigenvalue weighted by Crippen LogP contribution is -2.06. The normalized spacial score (nSPS) is 11.2. The van der Waals surface area contributed by atoms with Crippen molar-refractivity contribution in [2.45, 2.75) is 38.6 Å². The van der Waals surface area contributed by atoms with E-state index in [0.29, 0.717) is 0 Å². The van der Waals surface area contributed by atoms with Crippen LogP contribution in [0.15, 0.2) is 24.8 Å². The molecule has 0 saturated carbocycles. The molecule has 0 saturated heterocycles. The number of hydrogen-bond acceptors (Lipinski definition) is 3. The van der Waals surface area contributed by atoms with Crippen molar-refractivity contribution in [1.29, 1.82) is 0 Å². The van der Waals surface area contributed by atoms with Gasteiger partial charge in [-0.3, -0.25) is 4.98 Å². The van der Waals surface area contributed by atoms with Crippen LogP contribution in [0.4, 0.5) is 0 Å². The first-order valence-corrected chi connectivity index (χ1v) is 6.81. The fourth-order valence-electron chi connectivity index (χ4n) is 2.21. The molecule has 0 amide bonds. The van der Waals surface area contributed by atoms with E-state index in [1.54, 1.807) is 0 Å². The molecule has 4 nitrogen and oxygen atoms in total. The van der Waals surface area contributed by atoms with Gasteiger partial charge in [0, 0.05) is 12.7 Å². The zero-order valence-corrected chi connectivity index (χ0v) is 11.1. The minimum atomic E-state index is 0.992. The molecule has 0 fully saturated rings. The fraction of sp³-hybridized carbons (Fsp3) is 0.571. The Hall–Kier alpha value is -1.42. The van der Waals surface area contributed by atoms with Crippen LogP contribution in [0.3, 0.4) is 0 Å². The molecule has 0 spiro atoms. The van der Waals surface area contributed by atoms with Gasteiger partial charge in [0.25, 0.3) is 0 Å². The molecule has 0 aliphatic heterocycles. The highest BCUT2D eigenvalue weighted by Crippen LogP contribution is 2.12. The average Bonchev–Trinajstić information content (AvgIpc) is 2.81. The van der Waals surface area contributed by atoms with Gasteiger partial charge >= 0.3 is 0 Å². The third-order valence-electron chi connectivity index (χ3n) is 3.25. The molecule has 0 radical (unpaired) electrons. The summed E-state index contributed by atoms with van der Waals surface area (Å²) in [6.45, 7) is 2.20. The highest BCUT2D eigenvalue weighted by atomic mass is 15.0. The van der Waals surface area contributed by atoms with E-state index in [9.17, 15) is 0 Å². The van der Waals surface area contributed by atoms with Crippen LogP contribution in [0.25, 0.3) is 11.0 Å². The first-order chi connectivity index (χ1) is 8.92. The first kappa shape index (κ1) is 13.0. The van der Waals surface area contributed by atoms with Crippen molar-refractivity contribution in [1.82, 2.24) is 19.9 Å². The summed E-state index contributed by atoms with van der Waals surface area (Å²) in [6.07, 6.45) is 12.1. The lowest BCUT2D eigenvalue weighted by atomic mass is 10.1. The molecular weight excluding hydrogens is 224 g/mol. The molecule has 1 N–H and O–H groups in total. The number of imidazole rings is 1. The van der Waals surface area contributed by atoms with Gasteiger partial charge in [-0.25, -0.2) is 4.98 Å². The van der Waals surface area contributed by atoms with E-state index in [0.717, 1.165) is 18.6 Å². The molecule has 18 heavy (non-hydrogen) atoms. The van der Waals surface area contributed by atoms with Crippen LogP contribution < -0.4 is 5.32 Å². The van der Waals surface area contributed by atoms with Crippen molar-refractivity contribution in [3.63, 3.8) is 0 Å². The minimum absolute atomic E-state index is 0.992. The van der Waals surface area contributed by atoms with Crippen LogP contribution >= 0.6 is 0 Å². The highest BCUT2D eigenvalue weighted by Gasteiger charge is 2.00. The van der Waals surface area contributed by atoms with Gasteiger partial charge < -0.3 is 9.88 Å². The van der Waals surface area contributed by atoms with Crippen molar-refractivity contribution < 1.29 is 0 Å². The molecule has 0 aliphatic rings. The van der Waals surface area contributed by atoms with Crippen LogP contribution in [0.1, 0.15) is 32.1 Å². The summed E-state index contributed by atoms with van der Waals surface area (Å²) in [7, 11) is 2.01. The van der Waals surface area contributed by atoms with Crippen molar-refractivity contribution >= 4 is 11.0 Å². The number of pyridine rings is 1. The maximum Gasteiger partial charge on any atom is 0.107 e. The number of unbranched alkanes of at least 4 members (excludes halogenated alkanes) is 4. The van der Waals surface area contributed by atoms with Gasteiger partial charge in [-0.1, -0.05) is 19.3 Å². The highest BCUT2D eigenvalue weighted by molar-refractivity contribution is 5.73.